The lowest BCUT2D eigenvalue weighted by Crippen LogP contribution is -2.58. The summed E-state index contributed by atoms with van der Waals surface area (Å²) in [5.41, 5.74) is 1.28. The molecule has 5 nitrogen and oxygen atoms in total. The molecule has 3 aliphatic rings. The zero-order valence-corrected chi connectivity index (χ0v) is 15.5. The summed E-state index contributed by atoms with van der Waals surface area (Å²) in [6, 6.07) is 10.9. The van der Waals surface area contributed by atoms with Gasteiger partial charge in [-0.1, -0.05) is 30.3 Å². The summed E-state index contributed by atoms with van der Waals surface area (Å²) in [5.74, 6) is 0.727. The second kappa shape index (κ2) is 7.68. The normalized spacial score (nSPS) is 26.2. The van der Waals surface area contributed by atoms with Crippen LogP contribution in [0.15, 0.2) is 30.3 Å². The summed E-state index contributed by atoms with van der Waals surface area (Å²) in [4.78, 5) is 31.4. The molecule has 1 aromatic rings. The molecule has 2 atom stereocenters. The Bertz CT molecular complexity index is 642. The number of carbonyl (C=O) groups excluding carboxylic acids is 2. The van der Waals surface area contributed by atoms with Crippen LogP contribution >= 0.6 is 0 Å². The summed E-state index contributed by atoms with van der Waals surface area (Å²) in [6.07, 6.45) is 5.65. The molecule has 0 radical (unpaired) electrons. The van der Waals surface area contributed by atoms with Crippen molar-refractivity contribution in [1.29, 1.82) is 0 Å². The number of hydrogen-bond acceptors (Lipinski definition) is 2. The van der Waals surface area contributed by atoms with E-state index < -0.39 is 0 Å². The van der Waals surface area contributed by atoms with Crippen molar-refractivity contribution < 1.29 is 9.59 Å². The molecule has 3 fully saturated rings. The Kier molecular flexibility index (Phi) is 5.14. The van der Waals surface area contributed by atoms with Crippen LogP contribution < -0.4 is 0 Å². The molecule has 0 N–H and O–H groups in total. The van der Waals surface area contributed by atoms with Crippen LogP contribution in [0.5, 0.6) is 0 Å². The first-order valence-corrected chi connectivity index (χ1v) is 10.1. The quantitative estimate of drug-likeness (QED) is 0.837. The first-order valence-electron chi connectivity index (χ1n) is 10.1. The Balaban J connectivity index is 1.38. The second-order valence-corrected chi connectivity index (χ2v) is 7.90. The van der Waals surface area contributed by atoms with Gasteiger partial charge in [-0.15, -0.1) is 0 Å². The van der Waals surface area contributed by atoms with Gasteiger partial charge in [0.05, 0.1) is 0 Å². The molecule has 0 unspecified atom stereocenters. The molecule has 4 rings (SSSR count). The van der Waals surface area contributed by atoms with Gasteiger partial charge in [0.25, 0.3) is 0 Å². The molecule has 1 aromatic carbocycles. The predicted molar refractivity (Wildman–Crippen MR) is 101 cm³/mol. The number of piperidine rings is 2. The van der Waals surface area contributed by atoms with Gasteiger partial charge >= 0.3 is 6.03 Å². The number of nitrogens with zero attached hydrogens (tertiary/aromatic N) is 3. The topological polar surface area (TPSA) is 43.9 Å². The van der Waals surface area contributed by atoms with Gasteiger partial charge in [0.2, 0.25) is 5.91 Å². The maximum Gasteiger partial charge on any atom is 0.320 e. The van der Waals surface area contributed by atoms with Gasteiger partial charge in [0.15, 0.2) is 0 Å². The molecule has 0 bridgehead atoms. The predicted octanol–water partition coefficient (Wildman–Crippen LogP) is 2.76. The maximum atomic E-state index is 12.7. The molecule has 3 amide bonds. The number of urea groups is 1. The van der Waals surface area contributed by atoms with Crippen molar-refractivity contribution in [3.8, 4) is 0 Å². The van der Waals surface area contributed by atoms with Gasteiger partial charge in [-0.2, -0.15) is 0 Å². The maximum absolute atomic E-state index is 12.7. The Morgan fingerprint density at radius 2 is 1.77 bits per heavy atom. The van der Waals surface area contributed by atoms with Gasteiger partial charge in [-0.3, -0.25) is 4.79 Å². The minimum absolute atomic E-state index is 0.216. The van der Waals surface area contributed by atoms with Crippen molar-refractivity contribution in [2.75, 3.05) is 32.7 Å². The Labute approximate surface area is 155 Å². The average Bonchev–Trinajstić information content (AvgIpc) is 3.22. The van der Waals surface area contributed by atoms with E-state index in [1.807, 2.05) is 15.9 Å². The molecule has 26 heavy (non-hydrogen) atoms. The molecule has 3 aliphatic heterocycles. The van der Waals surface area contributed by atoms with Gasteiger partial charge < -0.3 is 14.7 Å². The molecule has 0 saturated carbocycles. The second-order valence-electron chi connectivity index (χ2n) is 7.90. The lowest BCUT2D eigenvalue weighted by atomic mass is 9.83. The first-order chi connectivity index (χ1) is 12.7. The van der Waals surface area contributed by atoms with E-state index in [4.69, 9.17) is 0 Å². The van der Waals surface area contributed by atoms with Crippen molar-refractivity contribution in [3.05, 3.63) is 35.9 Å². The largest absolute Gasteiger partial charge is 0.339 e. The van der Waals surface area contributed by atoms with Crippen molar-refractivity contribution in [2.45, 2.75) is 44.6 Å². The van der Waals surface area contributed by atoms with E-state index in [0.717, 1.165) is 64.8 Å². The number of rotatable bonds is 3. The van der Waals surface area contributed by atoms with Crippen LogP contribution in [0.2, 0.25) is 0 Å². The van der Waals surface area contributed by atoms with Crippen molar-refractivity contribution in [2.24, 2.45) is 5.92 Å². The zero-order chi connectivity index (χ0) is 17.9. The van der Waals surface area contributed by atoms with E-state index in [9.17, 15) is 9.59 Å². The monoisotopic (exact) mass is 355 g/mol. The van der Waals surface area contributed by atoms with Gasteiger partial charge in [-0.05, 0) is 43.6 Å². The molecule has 140 valence electrons. The highest BCUT2D eigenvalue weighted by Crippen LogP contribution is 2.32. The number of carbonyl (C=O) groups is 2. The summed E-state index contributed by atoms with van der Waals surface area (Å²) in [6.45, 7) is 4.21. The number of amides is 3. The number of fused-ring (bicyclic) bond motifs is 1. The standard InChI is InChI=1S/C21H29N3O2/c25-20-9-8-18-16-23(21(26)22-12-4-5-13-22)14-11-19(18)24(20)15-10-17-6-2-1-3-7-17/h1-3,6-7,18-19H,4-5,8-16H2/t18-,19+/m0/s1. The highest BCUT2D eigenvalue weighted by atomic mass is 16.2. The summed E-state index contributed by atoms with van der Waals surface area (Å²) >= 11 is 0. The van der Waals surface area contributed by atoms with Crippen LogP contribution in [0.25, 0.3) is 0 Å². The van der Waals surface area contributed by atoms with Crippen LogP contribution in [-0.4, -0.2) is 65.4 Å². The van der Waals surface area contributed by atoms with Crippen LogP contribution in [0.1, 0.15) is 37.7 Å². The fourth-order valence-electron chi connectivity index (χ4n) is 4.82. The molecule has 5 heteroatoms. The highest BCUT2D eigenvalue weighted by Gasteiger charge is 2.40. The molecular formula is C21H29N3O2. The molecule has 3 saturated heterocycles. The van der Waals surface area contributed by atoms with Crippen LogP contribution in [0.4, 0.5) is 4.79 Å². The third-order valence-corrected chi connectivity index (χ3v) is 6.27. The summed E-state index contributed by atoms with van der Waals surface area (Å²) in [5, 5.41) is 0. The van der Waals surface area contributed by atoms with Gasteiger partial charge in [-0.25, -0.2) is 4.79 Å². The minimum Gasteiger partial charge on any atom is -0.339 e. The molecule has 0 aliphatic carbocycles. The third kappa shape index (κ3) is 3.57. The van der Waals surface area contributed by atoms with Crippen LogP contribution in [0, 0.1) is 5.92 Å². The molecule has 3 heterocycles. The smallest absolute Gasteiger partial charge is 0.320 e. The number of likely N-dealkylation sites (tertiary alicyclic amines) is 3. The van der Waals surface area contributed by atoms with Crippen molar-refractivity contribution >= 4 is 11.9 Å². The van der Waals surface area contributed by atoms with E-state index in [1.165, 1.54) is 5.56 Å². The molecule has 0 aromatic heterocycles. The molecular weight excluding hydrogens is 326 g/mol. The summed E-state index contributed by atoms with van der Waals surface area (Å²) in [7, 11) is 0. The lowest BCUT2D eigenvalue weighted by molar-refractivity contribution is -0.140. The van der Waals surface area contributed by atoms with E-state index >= 15 is 0 Å². The van der Waals surface area contributed by atoms with E-state index in [-0.39, 0.29) is 6.03 Å². The lowest BCUT2D eigenvalue weighted by Gasteiger charge is -2.47. The van der Waals surface area contributed by atoms with Crippen LogP contribution in [-0.2, 0) is 11.2 Å². The van der Waals surface area contributed by atoms with E-state index in [0.29, 0.717) is 24.3 Å². The Morgan fingerprint density at radius 3 is 2.54 bits per heavy atom. The number of hydrogen-bond donors (Lipinski definition) is 0. The van der Waals surface area contributed by atoms with Gasteiger partial charge in [0.1, 0.15) is 0 Å². The van der Waals surface area contributed by atoms with Crippen molar-refractivity contribution in [3.63, 3.8) is 0 Å². The average molecular weight is 355 g/mol. The van der Waals surface area contributed by atoms with Crippen molar-refractivity contribution in [1.82, 2.24) is 14.7 Å². The third-order valence-electron chi connectivity index (χ3n) is 6.27. The zero-order valence-electron chi connectivity index (χ0n) is 15.5. The minimum atomic E-state index is 0.216. The van der Waals surface area contributed by atoms with E-state index in [2.05, 4.69) is 29.2 Å². The van der Waals surface area contributed by atoms with Gasteiger partial charge in [0, 0.05) is 45.2 Å². The Hall–Kier alpha value is -2.04. The van der Waals surface area contributed by atoms with E-state index in [1.54, 1.807) is 0 Å². The first kappa shape index (κ1) is 17.4. The van der Waals surface area contributed by atoms with Crippen LogP contribution in [0.3, 0.4) is 0 Å². The summed E-state index contributed by atoms with van der Waals surface area (Å²) < 4.78 is 0. The number of benzene rings is 1. The fraction of sp³-hybridized carbons (Fsp3) is 0.619. The SMILES string of the molecule is O=C(N1CCCC1)N1CC[C@@H]2[C@@H](CCC(=O)N2CCc2ccccc2)C1. The Morgan fingerprint density at radius 1 is 1.00 bits per heavy atom. The highest BCUT2D eigenvalue weighted by molar-refractivity contribution is 5.78. The fourth-order valence-corrected chi connectivity index (χ4v) is 4.82. The molecule has 0 spiro atoms.